The number of nitrogens with one attached hydrogen (secondary N) is 1. The van der Waals surface area contributed by atoms with Gasteiger partial charge in [0, 0.05) is 17.8 Å². The van der Waals surface area contributed by atoms with Crippen LogP contribution in [-0.4, -0.2) is 23.6 Å². The maximum Gasteiger partial charge on any atom is 0.0166 e. The van der Waals surface area contributed by atoms with E-state index in [1.165, 1.54) is 50.0 Å². The number of unbranched alkanes of at least 4 members (excludes halogenated alkanes) is 3. The van der Waals surface area contributed by atoms with E-state index in [4.69, 9.17) is 0 Å². The van der Waals surface area contributed by atoms with Crippen LogP contribution in [0.5, 0.6) is 0 Å². The number of hydrogen-bond donors (Lipinski definition) is 1. The first kappa shape index (κ1) is 15.4. The molecular formula is C15H31NS. The molecule has 2 atom stereocenters. The summed E-state index contributed by atoms with van der Waals surface area (Å²) >= 11 is 2.12. The smallest absolute Gasteiger partial charge is 0.0166 e. The molecule has 0 aromatic rings. The Labute approximate surface area is 113 Å². The van der Waals surface area contributed by atoms with E-state index in [1.54, 1.807) is 0 Å². The van der Waals surface area contributed by atoms with Gasteiger partial charge in [0.15, 0.2) is 0 Å². The zero-order valence-electron chi connectivity index (χ0n) is 12.2. The third kappa shape index (κ3) is 6.71. The zero-order valence-corrected chi connectivity index (χ0v) is 13.0. The van der Waals surface area contributed by atoms with Crippen LogP contribution >= 0.6 is 11.8 Å². The summed E-state index contributed by atoms with van der Waals surface area (Å²) < 4.78 is 0. The Morgan fingerprint density at radius 1 is 1.29 bits per heavy atom. The molecule has 1 aliphatic rings. The van der Waals surface area contributed by atoms with Crippen molar-refractivity contribution in [2.45, 2.75) is 78.3 Å². The van der Waals surface area contributed by atoms with Gasteiger partial charge in [-0.25, -0.2) is 0 Å². The lowest BCUT2D eigenvalue weighted by Crippen LogP contribution is -2.44. The molecule has 1 fully saturated rings. The highest BCUT2D eigenvalue weighted by atomic mass is 32.2. The summed E-state index contributed by atoms with van der Waals surface area (Å²) in [5.74, 6) is 2.64. The van der Waals surface area contributed by atoms with Gasteiger partial charge < -0.3 is 5.32 Å². The van der Waals surface area contributed by atoms with Crippen LogP contribution in [-0.2, 0) is 0 Å². The molecule has 1 aliphatic heterocycles. The Balaban J connectivity index is 2.15. The van der Waals surface area contributed by atoms with Crippen molar-refractivity contribution in [2.75, 3.05) is 11.5 Å². The first-order valence-corrected chi connectivity index (χ1v) is 8.53. The predicted octanol–water partition coefficient (Wildman–Crippen LogP) is 4.47. The van der Waals surface area contributed by atoms with Gasteiger partial charge in [-0.1, -0.05) is 46.5 Å². The summed E-state index contributed by atoms with van der Waals surface area (Å²) in [6, 6.07) is 1.44. The van der Waals surface area contributed by atoms with E-state index >= 15 is 0 Å². The first-order chi connectivity index (χ1) is 8.03. The van der Waals surface area contributed by atoms with Gasteiger partial charge in [-0.05, 0) is 30.9 Å². The Morgan fingerprint density at radius 3 is 2.71 bits per heavy atom. The summed E-state index contributed by atoms with van der Waals surface area (Å²) in [5.41, 5.74) is 0.530. The summed E-state index contributed by atoms with van der Waals surface area (Å²) in [4.78, 5) is 0. The van der Waals surface area contributed by atoms with Crippen LogP contribution in [0.25, 0.3) is 0 Å². The SMILES string of the molecule is CCCCCCC(C)NC1CSCC(C)(C)C1. The minimum absolute atomic E-state index is 0.530. The molecule has 102 valence electrons. The number of hydrogen-bond acceptors (Lipinski definition) is 2. The van der Waals surface area contributed by atoms with Crippen molar-refractivity contribution < 1.29 is 0 Å². The Hall–Kier alpha value is 0.310. The summed E-state index contributed by atoms with van der Waals surface area (Å²) in [6.07, 6.45) is 8.24. The molecule has 1 saturated heterocycles. The van der Waals surface area contributed by atoms with E-state index in [9.17, 15) is 0 Å². The van der Waals surface area contributed by atoms with Gasteiger partial charge in [-0.3, -0.25) is 0 Å². The largest absolute Gasteiger partial charge is 0.311 e. The van der Waals surface area contributed by atoms with Crippen LogP contribution < -0.4 is 5.32 Å². The molecule has 0 saturated carbocycles. The van der Waals surface area contributed by atoms with E-state index < -0.39 is 0 Å². The minimum atomic E-state index is 0.530. The van der Waals surface area contributed by atoms with Crippen molar-refractivity contribution in [3.05, 3.63) is 0 Å². The molecular weight excluding hydrogens is 226 g/mol. The Morgan fingerprint density at radius 2 is 2.06 bits per heavy atom. The van der Waals surface area contributed by atoms with Gasteiger partial charge in [0.1, 0.15) is 0 Å². The Bertz CT molecular complexity index is 203. The van der Waals surface area contributed by atoms with Gasteiger partial charge in [-0.15, -0.1) is 0 Å². The summed E-state index contributed by atoms with van der Waals surface area (Å²) in [7, 11) is 0. The van der Waals surface area contributed by atoms with Crippen LogP contribution in [0.15, 0.2) is 0 Å². The highest BCUT2D eigenvalue weighted by Gasteiger charge is 2.28. The van der Waals surface area contributed by atoms with Crippen LogP contribution in [0.2, 0.25) is 0 Å². The van der Waals surface area contributed by atoms with Crippen molar-refractivity contribution in [2.24, 2.45) is 5.41 Å². The fourth-order valence-corrected chi connectivity index (χ4v) is 4.02. The van der Waals surface area contributed by atoms with Crippen molar-refractivity contribution in [1.82, 2.24) is 5.32 Å². The average Bonchev–Trinajstić information content (AvgIpc) is 2.23. The average molecular weight is 257 g/mol. The van der Waals surface area contributed by atoms with Gasteiger partial charge >= 0.3 is 0 Å². The highest BCUT2D eigenvalue weighted by Crippen LogP contribution is 2.33. The molecule has 0 radical (unpaired) electrons. The third-order valence-electron chi connectivity index (χ3n) is 3.62. The second kappa shape index (κ2) is 7.68. The van der Waals surface area contributed by atoms with E-state index in [0.717, 1.165) is 6.04 Å². The normalized spacial score (nSPS) is 25.8. The lowest BCUT2D eigenvalue weighted by molar-refractivity contribution is 0.298. The van der Waals surface area contributed by atoms with Gasteiger partial charge in [0.25, 0.3) is 0 Å². The molecule has 17 heavy (non-hydrogen) atoms. The molecule has 0 aliphatic carbocycles. The van der Waals surface area contributed by atoms with Gasteiger partial charge in [-0.2, -0.15) is 11.8 Å². The van der Waals surface area contributed by atoms with E-state index in [-0.39, 0.29) is 0 Å². The molecule has 0 bridgehead atoms. The predicted molar refractivity (Wildman–Crippen MR) is 80.9 cm³/mol. The van der Waals surface area contributed by atoms with Crippen LogP contribution in [0, 0.1) is 5.41 Å². The van der Waals surface area contributed by atoms with Crippen LogP contribution in [0.4, 0.5) is 0 Å². The zero-order chi connectivity index (χ0) is 12.7. The van der Waals surface area contributed by atoms with Crippen molar-refractivity contribution in [1.29, 1.82) is 0 Å². The van der Waals surface area contributed by atoms with Crippen LogP contribution in [0.3, 0.4) is 0 Å². The molecule has 2 unspecified atom stereocenters. The van der Waals surface area contributed by atoms with Crippen LogP contribution in [0.1, 0.15) is 66.2 Å². The lowest BCUT2D eigenvalue weighted by Gasteiger charge is -2.36. The monoisotopic (exact) mass is 257 g/mol. The molecule has 2 heteroatoms. The molecule has 0 amide bonds. The maximum absolute atomic E-state index is 3.83. The molecule has 1 heterocycles. The van der Waals surface area contributed by atoms with E-state index in [1.807, 2.05) is 0 Å². The molecule has 0 spiro atoms. The second-order valence-electron chi connectivity index (χ2n) is 6.50. The van der Waals surface area contributed by atoms with Gasteiger partial charge in [0.2, 0.25) is 0 Å². The maximum atomic E-state index is 3.83. The molecule has 1 nitrogen and oxygen atoms in total. The fraction of sp³-hybridized carbons (Fsp3) is 1.00. The topological polar surface area (TPSA) is 12.0 Å². The van der Waals surface area contributed by atoms with Gasteiger partial charge in [0.05, 0.1) is 0 Å². The van der Waals surface area contributed by atoms with E-state index in [0.29, 0.717) is 11.5 Å². The van der Waals surface area contributed by atoms with Crippen molar-refractivity contribution >= 4 is 11.8 Å². The summed E-state index contributed by atoms with van der Waals surface area (Å²) in [6.45, 7) is 9.45. The van der Waals surface area contributed by atoms with Crippen molar-refractivity contribution in [3.8, 4) is 0 Å². The minimum Gasteiger partial charge on any atom is -0.311 e. The summed E-state index contributed by atoms with van der Waals surface area (Å²) in [5, 5.41) is 3.83. The molecule has 0 aromatic carbocycles. The number of thioether (sulfide) groups is 1. The van der Waals surface area contributed by atoms with Crippen molar-refractivity contribution in [3.63, 3.8) is 0 Å². The first-order valence-electron chi connectivity index (χ1n) is 7.37. The quantitative estimate of drug-likeness (QED) is 0.676. The third-order valence-corrected chi connectivity index (χ3v) is 5.25. The molecule has 1 rings (SSSR count). The lowest BCUT2D eigenvalue weighted by atomic mass is 9.87. The number of rotatable bonds is 7. The standard InChI is InChI=1S/C15H31NS/c1-5-6-7-8-9-13(2)16-14-10-15(3,4)12-17-11-14/h13-14,16H,5-12H2,1-4H3. The van der Waals surface area contributed by atoms with E-state index in [2.05, 4.69) is 44.8 Å². The fourth-order valence-electron chi connectivity index (χ4n) is 2.73. The Kier molecular flexibility index (Phi) is 6.94. The molecule has 0 aromatic heterocycles. The highest BCUT2D eigenvalue weighted by molar-refractivity contribution is 7.99. The second-order valence-corrected chi connectivity index (χ2v) is 7.53. The molecule has 1 N–H and O–H groups in total.